The molecule has 3 rings (SSSR count). The summed E-state index contributed by atoms with van der Waals surface area (Å²) in [5, 5.41) is 10.5. The van der Waals surface area contributed by atoms with E-state index in [1.165, 1.54) is 12.1 Å². The van der Waals surface area contributed by atoms with Crippen molar-refractivity contribution in [3.63, 3.8) is 0 Å². The lowest BCUT2D eigenvalue weighted by Gasteiger charge is -2.06. The molecule has 2 aromatic carbocycles. The molecule has 0 aliphatic carbocycles. The molecule has 5 heteroatoms. The Morgan fingerprint density at radius 3 is 2.80 bits per heavy atom. The van der Waals surface area contributed by atoms with E-state index in [1.807, 2.05) is 18.2 Å². The number of hydrogen-bond donors (Lipinski definition) is 2. The van der Waals surface area contributed by atoms with Crippen molar-refractivity contribution >= 4 is 22.5 Å². The van der Waals surface area contributed by atoms with E-state index in [1.54, 1.807) is 18.3 Å². The van der Waals surface area contributed by atoms with Crippen molar-refractivity contribution in [2.24, 2.45) is 0 Å². The van der Waals surface area contributed by atoms with Crippen LogP contribution in [-0.2, 0) is 11.2 Å². The van der Waals surface area contributed by atoms with Gasteiger partial charge in [-0.1, -0.05) is 18.2 Å². The van der Waals surface area contributed by atoms with Gasteiger partial charge in [0, 0.05) is 5.39 Å². The number of anilines is 1. The quantitative estimate of drug-likeness (QED) is 0.768. The highest BCUT2D eigenvalue weighted by Gasteiger charge is 2.07. The number of aromatic amines is 1. The zero-order valence-corrected chi connectivity index (χ0v) is 10.6. The molecule has 0 unspecified atom stereocenters. The van der Waals surface area contributed by atoms with Crippen LogP contribution >= 0.6 is 0 Å². The minimum atomic E-state index is -0.308. The van der Waals surface area contributed by atoms with Crippen molar-refractivity contribution in [1.82, 2.24) is 10.2 Å². The zero-order chi connectivity index (χ0) is 13.9. The van der Waals surface area contributed by atoms with Crippen LogP contribution in [0.1, 0.15) is 5.56 Å². The van der Waals surface area contributed by atoms with E-state index in [9.17, 15) is 9.18 Å². The van der Waals surface area contributed by atoms with Crippen molar-refractivity contribution in [1.29, 1.82) is 0 Å². The lowest BCUT2D eigenvalue weighted by Crippen LogP contribution is -2.14. The lowest BCUT2D eigenvalue weighted by atomic mass is 10.1. The van der Waals surface area contributed by atoms with Gasteiger partial charge in [0.2, 0.25) is 5.91 Å². The second-order valence-corrected chi connectivity index (χ2v) is 4.49. The molecule has 0 radical (unpaired) electrons. The molecule has 0 spiro atoms. The summed E-state index contributed by atoms with van der Waals surface area (Å²) < 4.78 is 12.8. The third-order valence-corrected chi connectivity index (χ3v) is 3.04. The van der Waals surface area contributed by atoms with Crippen LogP contribution in [0.2, 0.25) is 0 Å². The number of H-pyrrole nitrogens is 1. The fraction of sp³-hybridized carbons (Fsp3) is 0.0667. The van der Waals surface area contributed by atoms with Crippen LogP contribution in [0.4, 0.5) is 10.1 Å². The van der Waals surface area contributed by atoms with Gasteiger partial charge in [0.25, 0.3) is 0 Å². The summed E-state index contributed by atoms with van der Waals surface area (Å²) in [5.74, 6) is -0.456. The Kier molecular flexibility index (Phi) is 3.16. The number of fused-ring (bicyclic) bond motifs is 1. The number of rotatable bonds is 3. The van der Waals surface area contributed by atoms with E-state index in [4.69, 9.17) is 0 Å². The van der Waals surface area contributed by atoms with Crippen LogP contribution < -0.4 is 5.32 Å². The maximum Gasteiger partial charge on any atom is 0.228 e. The third kappa shape index (κ3) is 2.51. The zero-order valence-electron chi connectivity index (χ0n) is 10.6. The minimum absolute atomic E-state index is 0.148. The average molecular weight is 269 g/mol. The van der Waals surface area contributed by atoms with Crippen LogP contribution in [0, 0.1) is 5.82 Å². The summed E-state index contributed by atoms with van der Waals surface area (Å²) in [6, 6.07) is 11.5. The lowest BCUT2D eigenvalue weighted by molar-refractivity contribution is -0.115. The van der Waals surface area contributed by atoms with Crippen molar-refractivity contribution in [3.8, 4) is 0 Å². The van der Waals surface area contributed by atoms with Crippen LogP contribution in [0.5, 0.6) is 0 Å². The van der Waals surface area contributed by atoms with E-state index in [0.717, 1.165) is 16.5 Å². The second kappa shape index (κ2) is 5.13. The van der Waals surface area contributed by atoms with Crippen LogP contribution in [0.25, 0.3) is 10.9 Å². The fourth-order valence-electron chi connectivity index (χ4n) is 2.06. The first-order chi connectivity index (χ1) is 9.72. The molecule has 1 aromatic heterocycles. The van der Waals surface area contributed by atoms with Crippen molar-refractivity contribution < 1.29 is 9.18 Å². The first-order valence-corrected chi connectivity index (χ1v) is 6.19. The number of nitrogens with one attached hydrogen (secondary N) is 2. The second-order valence-electron chi connectivity index (χ2n) is 4.49. The van der Waals surface area contributed by atoms with Crippen molar-refractivity contribution in [2.75, 3.05) is 5.32 Å². The molecule has 4 nitrogen and oxygen atoms in total. The molecule has 0 aliphatic rings. The summed E-state index contributed by atoms with van der Waals surface area (Å²) in [4.78, 5) is 12.0. The van der Waals surface area contributed by atoms with Gasteiger partial charge in [0.1, 0.15) is 5.82 Å². The number of benzene rings is 2. The highest BCUT2D eigenvalue weighted by Crippen LogP contribution is 2.21. The van der Waals surface area contributed by atoms with Crippen molar-refractivity contribution in [3.05, 3.63) is 60.0 Å². The molecule has 0 saturated carbocycles. The highest BCUT2D eigenvalue weighted by atomic mass is 19.1. The Balaban J connectivity index is 1.76. The number of amides is 1. The molecule has 20 heavy (non-hydrogen) atoms. The summed E-state index contributed by atoms with van der Waals surface area (Å²) in [7, 11) is 0. The summed E-state index contributed by atoms with van der Waals surface area (Å²) >= 11 is 0. The smallest absolute Gasteiger partial charge is 0.228 e. The average Bonchev–Trinajstić information content (AvgIpc) is 2.91. The summed E-state index contributed by atoms with van der Waals surface area (Å²) in [5.41, 5.74) is 2.34. The molecule has 0 aliphatic heterocycles. The van der Waals surface area contributed by atoms with Crippen molar-refractivity contribution in [2.45, 2.75) is 6.42 Å². The fourth-order valence-corrected chi connectivity index (χ4v) is 2.06. The predicted octanol–water partition coefficient (Wildman–Crippen LogP) is 2.88. The Labute approximate surface area is 114 Å². The number of nitrogens with zero attached hydrogens (tertiary/aromatic N) is 1. The molecule has 3 aromatic rings. The Morgan fingerprint density at radius 1 is 1.20 bits per heavy atom. The molecule has 0 saturated heterocycles. The monoisotopic (exact) mass is 269 g/mol. The van der Waals surface area contributed by atoms with E-state index >= 15 is 0 Å². The Morgan fingerprint density at radius 2 is 2.00 bits per heavy atom. The number of carbonyl (C=O) groups excluding carboxylic acids is 1. The molecular weight excluding hydrogens is 257 g/mol. The van der Waals surface area contributed by atoms with E-state index in [0.29, 0.717) is 5.69 Å². The standard InChI is InChI=1S/C15H12FN3O/c16-11-6-4-10(5-7-11)8-15(20)18-13-2-1-3-14-12(13)9-17-19-14/h1-7,9H,8H2,(H,17,19)(H,18,20). The number of carbonyl (C=O) groups is 1. The third-order valence-electron chi connectivity index (χ3n) is 3.04. The first kappa shape index (κ1) is 12.3. The van der Waals surface area contributed by atoms with Gasteiger partial charge >= 0.3 is 0 Å². The van der Waals surface area contributed by atoms with Crippen LogP contribution in [-0.4, -0.2) is 16.1 Å². The van der Waals surface area contributed by atoms with Gasteiger partial charge in [-0.25, -0.2) is 4.39 Å². The predicted molar refractivity (Wildman–Crippen MR) is 74.8 cm³/mol. The highest BCUT2D eigenvalue weighted by molar-refractivity contribution is 6.01. The van der Waals surface area contributed by atoms with Gasteiger partial charge in [-0.2, -0.15) is 5.10 Å². The van der Waals surface area contributed by atoms with Gasteiger partial charge in [0.15, 0.2) is 0 Å². The number of halogens is 1. The van der Waals surface area contributed by atoms with Gasteiger partial charge in [-0.05, 0) is 29.8 Å². The van der Waals surface area contributed by atoms with Crippen LogP contribution in [0.3, 0.4) is 0 Å². The number of aromatic nitrogens is 2. The minimum Gasteiger partial charge on any atom is -0.325 e. The maximum absolute atomic E-state index is 12.8. The molecule has 2 N–H and O–H groups in total. The SMILES string of the molecule is O=C(Cc1ccc(F)cc1)Nc1cccc2[nH]ncc12. The summed E-state index contributed by atoms with van der Waals surface area (Å²) in [6.45, 7) is 0. The first-order valence-electron chi connectivity index (χ1n) is 6.19. The molecule has 100 valence electrons. The van der Waals surface area contributed by atoms with Gasteiger partial charge in [0.05, 0.1) is 23.8 Å². The van der Waals surface area contributed by atoms with Crippen LogP contribution in [0.15, 0.2) is 48.7 Å². The Hall–Kier alpha value is -2.69. The topological polar surface area (TPSA) is 57.8 Å². The molecule has 0 bridgehead atoms. The molecule has 1 heterocycles. The Bertz CT molecular complexity index is 749. The molecule has 1 amide bonds. The van der Waals surface area contributed by atoms with Gasteiger partial charge in [-0.3, -0.25) is 9.89 Å². The van der Waals surface area contributed by atoms with E-state index < -0.39 is 0 Å². The molecule has 0 fully saturated rings. The van der Waals surface area contributed by atoms with Gasteiger partial charge in [-0.15, -0.1) is 0 Å². The largest absolute Gasteiger partial charge is 0.325 e. The number of hydrogen-bond acceptors (Lipinski definition) is 2. The van der Waals surface area contributed by atoms with E-state index in [2.05, 4.69) is 15.5 Å². The normalized spacial score (nSPS) is 10.7. The van der Waals surface area contributed by atoms with Gasteiger partial charge < -0.3 is 5.32 Å². The summed E-state index contributed by atoms with van der Waals surface area (Å²) in [6.07, 6.45) is 1.87. The molecule has 0 atom stereocenters. The maximum atomic E-state index is 12.8. The van der Waals surface area contributed by atoms with E-state index in [-0.39, 0.29) is 18.1 Å². The molecular formula is C15H12FN3O.